The van der Waals surface area contributed by atoms with E-state index in [0.29, 0.717) is 33.6 Å². The second kappa shape index (κ2) is 8.13. The minimum atomic E-state index is 0.269. The number of benzene rings is 1. The molecule has 0 radical (unpaired) electrons. The molecule has 9 heteroatoms. The number of nitrogens with one attached hydrogen (secondary N) is 1. The molecule has 0 saturated heterocycles. The van der Waals surface area contributed by atoms with E-state index in [-0.39, 0.29) is 5.82 Å². The molecule has 3 aromatic rings. The molecule has 0 unspecified atom stereocenters. The average molecular weight is 371 g/mol. The normalized spacial score (nSPS) is 10.7. The quantitative estimate of drug-likeness (QED) is 0.504. The van der Waals surface area contributed by atoms with E-state index in [1.54, 1.807) is 42.7 Å². The number of nitrogens with zero attached hydrogens (tertiary/aromatic N) is 4. The van der Waals surface area contributed by atoms with Crippen LogP contribution in [-0.2, 0) is 4.84 Å². The van der Waals surface area contributed by atoms with Crippen LogP contribution < -0.4 is 15.8 Å². The van der Waals surface area contributed by atoms with Gasteiger partial charge in [-0.1, -0.05) is 16.8 Å². The molecular formula is C17H15ClN6O2. The molecule has 3 N–H and O–H groups in total. The van der Waals surface area contributed by atoms with Crippen LogP contribution in [0.1, 0.15) is 5.56 Å². The molecule has 0 atom stereocenters. The van der Waals surface area contributed by atoms with Gasteiger partial charge in [-0.05, 0) is 30.3 Å². The highest BCUT2D eigenvalue weighted by molar-refractivity contribution is 6.32. The topological polar surface area (TPSA) is 108 Å². The van der Waals surface area contributed by atoms with Gasteiger partial charge < -0.3 is 20.6 Å². The first-order valence-electron chi connectivity index (χ1n) is 7.49. The van der Waals surface area contributed by atoms with Crippen LogP contribution in [0.25, 0.3) is 0 Å². The summed E-state index contributed by atoms with van der Waals surface area (Å²) in [5.74, 6) is 1.84. The number of halogens is 1. The van der Waals surface area contributed by atoms with Gasteiger partial charge in [0.25, 0.3) is 0 Å². The zero-order valence-electron chi connectivity index (χ0n) is 13.8. The lowest BCUT2D eigenvalue weighted by Crippen LogP contribution is -2.05. The fraction of sp³-hybridized carbons (Fsp3) is 0.0588. The summed E-state index contributed by atoms with van der Waals surface area (Å²) in [4.78, 5) is 16.8. The van der Waals surface area contributed by atoms with Crippen molar-refractivity contribution in [1.29, 1.82) is 0 Å². The average Bonchev–Trinajstić information content (AvgIpc) is 2.64. The van der Waals surface area contributed by atoms with Gasteiger partial charge in [0.2, 0.25) is 0 Å². The monoisotopic (exact) mass is 370 g/mol. The summed E-state index contributed by atoms with van der Waals surface area (Å²) in [7, 11) is 1.43. The molecule has 8 nitrogen and oxygen atoms in total. The molecule has 2 heterocycles. The summed E-state index contributed by atoms with van der Waals surface area (Å²) in [6.45, 7) is 0. The number of anilines is 3. The smallest absolute Gasteiger partial charge is 0.146 e. The van der Waals surface area contributed by atoms with Crippen LogP contribution in [-0.4, -0.2) is 28.3 Å². The molecule has 132 valence electrons. The van der Waals surface area contributed by atoms with Crippen molar-refractivity contribution < 1.29 is 9.57 Å². The standard InChI is InChI=1S/C17H15ClN6O2/c1-25-23-9-13-16(19)21-10-22-17(13)24-11-4-5-15(14(18)7-11)26-12-3-2-6-20-8-12/h2-10H,1H3,(H3,19,21,22,24)/b23-9+. The molecule has 0 fully saturated rings. The number of hydrogen-bond acceptors (Lipinski definition) is 8. The summed E-state index contributed by atoms with van der Waals surface area (Å²) in [5, 5.41) is 7.25. The fourth-order valence-corrected chi connectivity index (χ4v) is 2.29. The minimum absolute atomic E-state index is 0.269. The summed E-state index contributed by atoms with van der Waals surface area (Å²) < 4.78 is 5.70. The van der Waals surface area contributed by atoms with Crippen LogP contribution in [0, 0.1) is 0 Å². The van der Waals surface area contributed by atoms with E-state index in [1.807, 2.05) is 0 Å². The lowest BCUT2D eigenvalue weighted by atomic mass is 10.2. The molecule has 0 bridgehead atoms. The number of aromatic nitrogens is 3. The van der Waals surface area contributed by atoms with Crippen LogP contribution in [0.4, 0.5) is 17.3 Å². The number of nitrogens with two attached hydrogens (primary N) is 1. The van der Waals surface area contributed by atoms with E-state index in [1.165, 1.54) is 19.7 Å². The van der Waals surface area contributed by atoms with Crippen molar-refractivity contribution in [1.82, 2.24) is 15.0 Å². The lowest BCUT2D eigenvalue weighted by Gasteiger charge is -2.12. The zero-order chi connectivity index (χ0) is 18.4. The van der Waals surface area contributed by atoms with E-state index in [4.69, 9.17) is 22.1 Å². The highest BCUT2D eigenvalue weighted by Gasteiger charge is 2.10. The third-order valence-corrected chi connectivity index (χ3v) is 3.55. The Kier molecular flexibility index (Phi) is 5.45. The number of hydrogen-bond donors (Lipinski definition) is 2. The molecule has 2 aromatic heterocycles. The SMILES string of the molecule is CO/N=C/c1c(N)ncnc1Nc1ccc(Oc2cccnc2)c(Cl)c1. The number of pyridine rings is 1. The molecule has 0 amide bonds. The number of ether oxygens (including phenoxy) is 1. The Morgan fingerprint density at radius 1 is 1.27 bits per heavy atom. The van der Waals surface area contributed by atoms with Crippen molar-refractivity contribution in [3.63, 3.8) is 0 Å². The van der Waals surface area contributed by atoms with Crippen LogP contribution >= 0.6 is 11.6 Å². The second-order valence-corrected chi connectivity index (χ2v) is 5.41. The number of nitrogen functional groups attached to an aromatic ring is 1. The molecule has 0 aliphatic rings. The largest absolute Gasteiger partial charge is 0.454 e. The summed E-state index contributed by atoms with van der Waals surface area (Å²) in [5.41, 5.74) is 7.06. The van der Waals surface area contributed by atoms with E-state index < -0.39 is 0 Å². The van der Waals surface area contributed by atoms with E-state index in [9.17, 15) is 0 Å². The van der Waals surface area contributed by atoms with Gasteiger partial charge in [-0.2, -0.15) is 0 Å². The zero-order valence-corrected chi connectivity index (χ0v) is 14.5. The Labute approximate surface area is 154 Å². The lowest BCUT2D eigenvalue weighted by molar-refractivity contribution is 0.215. The van der Waals surface area contributed by atoms with Crippen molar-refractivity contribution in [2.75, 3.05) is 18.2 Å². The molecule has 1 aromatic carbocycles. The van der Waals surface area contributed by atoms with Crippen LogP contribution in [0.3, 0.4) is 0 Å². The molecule has 26 heavy (non-hydrogen) atoms. The predicted octanol–water partition coefficient (Wildman–Crippen LogP) is 3.62. The first kappa shape index (κ1) is 17.4. The molecule has 0 spiro atoms. The van der Waals surface area contributed by atoms with Gasteiger partial charge in [0, 0.05) is 11.9 Å². The van der Waals surface area contributed by atoms with Crippen molar-refractivity contribution >= 4 is 35.1 Å². The van der Waals surface area contributed by atoms with E-state index >= 15 is 0 Å². The Morgan fingerprint density at radius 2 is 2.15 bits per heavy atom. The van der Waals surface area contributed by atoms with Crippen molar-refractivity contribution in [3.8, 4) is 11.5 Å². The van der Waals surface area contributed by atoms with Crippen molar-refractivity contribution in [3.05, 3.63) is 59.6 Å². The Balaban J connectivity index is 1.82. The molecule has 3 rings (SSSR count). The summed E-state index contributed by atoms with van der Waals surface area (Å²) in [6, 6.07) is 8.82. The van der Waals surface area contributed by atoms with Crippen molar-refractivity contribution in [2.24, 2.45) is 5.16 Å². The van der Waals surface area contributed by atoms with Crippen LogP contribution in [0.5, 0.6) is 11.5 Å². The molecular weight excluding hydrogens is 356 g/mol. The van der Waals surface area contributed by atoms with E-state index in [2.05, 4.69) is 30.3 Å². The van der Waals surface area contributed by atoms with Gasteiger partial charge in [0.1, 0.15) is 36.6 Å². The summed E-state index contributed by atoms with van der Waals surface area (Å²) >= 11 is 6.31. The fourth-order valence-electron chi connectivity index (χ4n) is 2.07. The Hall–Kier alpha value is -3.39. The van der Waals surface area contributed by atoms with Crippen molar-refractivity contribution in [2.45, 2.75) is 0 Å². The first-order chi connectivity index (χ1) is 12.7. The second-order valence-electron chi connectivity index (χ2n) is 5.00. The van der Waals surface area contributed by atoms with Crippen LogP contribution in [0.15, 0.2) is 54.2 Å². The maximum Gasteiger partial charge on any atom is 0.146 e. The van der Waals surface area contributed by atoms with Gasteiger partial charge in [-0.25, -0.2) is 9.97 Å². The molecule has 0 aliphatic heterocycles. The highest BCUT2D eigenvalue weighted by Crippen LogP contribution is 2.32. The maximum absolute atomic E-state index is 6.31. The van der Waals surface area contributed by atoms with Gasteiger partial charge in [0.05, 0.1) is 23.0 Å². The first-order valence-corrected chi connectivity index (χ1v) is 7.86. The van der Waals surface area contributed by atoms with E-state index in [0.717, 1.165) is 0 Å². The molecule has 0 aliphatic carbocycles. The highest BCUT2D eigenvalue weighted by atomic mass is 35.5. The number of oxime groups is 1. The van der Waals surface area contributed by atoms with Gasteiger partial charge in [-0.3, -0.25) is 4.98 Å². The minimum Gasteiger partial charge on any atom is -0.454 e. The van der Waals surface area contributed by atoms with Gasteiger partial charge in [0.15, 0.2) is 0 Å². The number of rotatable bonds is 6. The maximum atomic E-state index is 6.31. The molecule has 0 saturated carbocycles. The summed E-state index contributed by atoms with van der Waals surface area (Å²) in [6.07, 6.45) is 6.05. The third kappa shape index (κ3) is 4.17. The van der Waals surface area contributed by atoms with Gasteiger partial charge in [-0.15, -0.1) is 0 Å². The van der Waals surface area contributed by atoms with Crippen LogP contribution in [0.2, 0.25) is 5.02 Å². The third-order valence-electron chi connectivity index (χ3n) is 3.26. The Morgan fingerprint density at radius 3 is 2.88 bits per heavy atom. The predicted molar refractivity (Wildman–Crippen MR) is 100 cm³/mol. The van der Waals surface area contributed by atoms with Gasteiger partial charge >= 0.3 is 0 Å². The Bertz CT molecular complexity index is 920.